The van der Waals surface area contributed by atoms with Crippen LogP contribution < -0.4 is 0 Å². The Labute approximate surface area is 147 Å². The van der Waals surface area contributed by atoms with Crippen molar-refractivity contribution >= 4 is 17.5 Å². The number of esters is 1. The molecule has 5 nitrogen and oxygen atoms in total. The van der Waals surface area contributed by atoms with Gasteiger partial charge >= 0.3 is 5.97 Å². The Morgan fingerprint density at radius 2 is 2.00 bits per heavy atom. The predicted molar refractivity (Wildman–Crippen MR) is 89.3 cm³/mol. The monoisotopic (exact) mass is 344 g/mol. The Morgan fingerprint density at radius 1 is 1.28 bits per heavy atom. The molecule has 4 rings (SSSR count). The van der Waals surface area contributed by atoms with Crippen LogP contribution in [0.25, 0.3) is 0 Å². The van der Waals surface area contributed by atoms with E-state index in [-0.39, 0.29) is 30.7 Å². The smallest absolute Gasteiger partial charge is 0.320 e. The van der Waals surface area contributed by atoms with Crippen LogP contribution in [0.4, 0.5) is 0 Å². The van der Waals surface area contributed by atoms with Crippen LogP contribution in [0.2, 0.25) is 0 Å². The quantitative estimate of drug-likeness (QED) is 0.446. The highest BCUT2D eigenvalue weighted by atomic mass is 16.5. The molecule has 2 spiro atoms. The molecule has 3 fully saturated rings. The molecule has 0 aromatic rings. The van der Waals surface area contributed by atoms with Crippen molar-refractivity contribution in [3.63, 3.8) is 0 Å². The van der Waals surface area contributed by atoms with Gasteiger partial charge in [0.25, 0.3) is 0 Å². The zero-order valence-electron chi connectivity index (χ0n) is 14.7. The molecule has 0 aromatic carbocycles. The number of aliphatic hydroxyl groups excluding tert-OH is 1. The first-order valence-electron chi connectivity index (χ1n) is 8.97. The Kier molecular flexibility index (Phi) is 3.28. The van der Waals surface area contributed by atoms with Crippen molar-refractivity contribution in [3.8, 4) is 0 Å². The second kappa shape index (κ2) is 4.91. The second-order valence-electron chi connectivity index (χ2n) is 8.73. The van der Waals surface area contributed by atoms with E-state index in [0.29, 0.717) is 18.4 Å². The summed E-state index contributed by atoms with van der Waals surface area (Å²) in [6.07, 6.45) is 5.13. The highest BCUT2D eigenvalue weighted by Crippen LogP contribution is 2.66. The lowest BCUT2D eigenvalue weighted by Crippen LogP contribution is -2.66. The van der Waals surface area contributed by atoms with E-state index in [0.717, 1.165) is 6.42 Å². The highest BCUT2D eigenvalue weighted by Gasteiger charge is 2.73. The fraction of sp³-hybridized carbons (Fsp3) is 0.650. The Bertz CT molecular complexity index is 732. The van der Waals surface area contributed by atoms with Gasteiger partial charge in [0.15, 0.2) is 11.6 Å². The van der Waals surface area contributed by atoms with Gasteiger partial charge in [0.2, 0.25) is 0 Å². The lowest BCUT2D eigenvalue weighted by atomic mass is 9.46. The van der Waals surface area contributed by atoms with Crippen LogP contribution in [0.3, 0.4) is 0 Å². The molecular formula is C20H24O5. The van der Waals surface area contributed by atoms with Crippen molar-refractivity contribution in [1.82, 2.24) is 0 Å². The average Bonchev–Trinajstić information content (AvgIpc) is 2.77. The Hall–Kier alpha value is -1.75. The summed E-state index contributed by atoms with van der Waals surface area (Å²) in [4.78, 5) is 39.0. The van der Waals surface area contributed by atoms with E-state index in [1.165, 1.54) is 0 Å². The first-order valence-corrected chi connectivity index (χ1v) is 8.97. The summed E-state index contributed by atoms with van der Waals surface area (Å²) >= 11 is 0. The minimum atomic E-state index is -1.29. The number of aliphatic hydroxyl groups is 1. The number of carbonyl (C=O) groups is 3. The zero-order valence-corrected chi connectivity index (χ0v) is 14.7. The summed E-state index contributed by atoms with van der Waals surface area (Å²) in [6, 6.07) is 0. The molecule has 5 atom stereocenters. The fourth-order valence-electron chi connectivity index (χ4n) is 6.08. The summed E-state index contributed by atoms with van der Waals surface area (Å²) in [5.41, 5.74) is -2.26. The molecule has 2 bridgehead atoms. The molecule has 0 radical (unpaired) electrons. The van der Waals surface area contributed by atoms with Crippen molar-refractivity contribution in [3.05, 3.63) is 24.3 Å². The number of fused-ring (bicyclic) bond motifs is 2. The van der Waals surface area contributed by atoms with Crippen LogP contribution in [0, 0.1) is 34.0 Å². The van der Waals surface area contributed by atoms with Gasteiger partial charge in [0.1, 0.15) is 12.0 Å². The van der Waals surface area contributed by atoms with Crippen molar-refractivity contribution in [2.75, 3.05) is 13.2 Å². The first-order chi connectivity index (χ1) is 11.7. The summed E-state index contributed by atoms with van der Waals surface area (Å²) < 4.78 is 5.51. The van der Waals surface area contributed by atoms with Crippen LogP contribution in [-0.2, 0) is 19.1 Å². The minimum Gasteiger partial charge on any atom is -0.464 e. The maximum absolute atomic E-state index is 13.1. The van der Waals surface area contributed by atoms with Crippen molar-refractivity contribution in [2.24, 2.45) is 34.0 Å². The zero-order chi connectivity index (χ0) is 18.2. The summed E-state index contributed by atoms with van der Waals surface area (Å²) in [5.74, 6) is -1.72. The number of ether oxygens (including phenoxy) is 1. The van der Waals surface area contributed by atoms with Crippen LogP contribution in [0.15, 0.2) is 24.3 Å². The lowest BCUT2D eigenvalue weighted by molar-refractivity contribution is -0.205. The van der Waals surface area contributed by atoms with E-state index < -0.39 is 34.1 Å². The molecule has 1 saturated heterocycles. The molecular weight excluding hydrogens is 320 g/mol. The second-order valence-corrected chi connectivity index (χ2v) is 8.73. The lowest BCUT2D eigenvalue weighted by Gasteiger charge is -2.58. The number of cyclic esters (lactones) is 1. The third-order valence-electron chi connectivity index (χ3n) is 7.41. The van der Waals surface area contributed by atoms with Gasteiger partial charge in [-0.15, -0.1) is 0 Å². The molecule has 1 N–H and O–H groups in total. The maximum Gasteiger partial charge on any atom is 0.320 e. The third kappa shape index (κ3) is 1.75. The van der Waals surface area contributed by atoms with Gasteiger partial charge < -0.3 is 9.84 Å². The van der Waals surface area contributed by atoms with Crippen molar-refractivity contribution < 1.29 is 24.2 Å². The number of Topliss-reactive ketones (excluding diaryl/α,β-unsaturated/α-hetero) is 1. The van der Waals surface area contributed by atoms with Crippen molar-refractivity contribution in [2.45, 2.75) is 33.1 Å². The molecule has 134 valence electrons. The molecule has 4 aliphatic rings. The van der Waals surface area contributed by atoms with Gasteiger partial charge in [-0.05, 0) is 48.2 Å². The highest BCUT2D eigenvalue weighted by molar-refractivity contribution is 6.16. The third-order valence-corrected chi connectivity index (χ3v) is 7.41. The molecule has 1 heterocycles. The van der Waals surface area contributed by atoms with Gasteiger partial charge in [-0.2, -0.15) is 0 Å². The van der Waals surface area contributed by atoms with E-state index in [9.17, 15) is 19.5 Å². The predicted octanol–water partition coefficient (Wildman–Crippen LogP) is 1.84. The molecule has 0 aromatic heterocycles. The topological polar surface area (TPSA) is 80.7 Å². The minimum absolute atomic E-state index is 0.00118. The van der Waals surface area contributed by atoms with E-state index in [1.54, 1.807) is 6.08 Å². The van der Waals surface area contributed by atoms with Crippen LogP contribution >= 0.6 is 0 Å². The SMILES string of the molecule is C=C1C(=O)C23CC1CCC2C1(COC3=O)C(=O)C=CC(C)(C)C1CO. The largest absolute Gasteiger partial charge is 0.464 e. The number of allylic oxidation sites excluding steroid dienone is 3. The van der Waals surface area contributed by atoms with E-state index in [1.807, 2.05) is 19.9 Å². The maximum atomic E-state index is 13.1. The number of ketones is 2. The molecule has 5 unspecified atom stereocenters. The van der Waals surface area contributed by atoms with Gasteiger partial charge in [-0.25, -0.2) is 0 Å². The first kappa shape index (κ1) is 16.7. The number of hydrogen-bond donors (Lipinski definition) is 1. The summed E-state index contributed by atoms with van der Waals surface area (Å²) in [5, 5.41) is 10.2. The van der Waals surface area contributed by atoms with E-state index >= 15 is 0 Å². The molecule has 25 heavy (non-hydrogen) atoms. The van der Waals surface area contributed by atoms with Gasteiger partial charge in [0, 0.05) is 12.5 Å². The summed E-state index contributed by atoms with van der Waals surface area (Å²) in [7, 11) is 0. The molecule has 0 amide bonds. The van der Waals surface area contributed by atoms with Gasteiger partial charge in [-0.3, -0.25) is 14.4 Å². The number of rotatable bonds is 1. The standard InChI is InChI=1S/C20H24O5/c1-11-12-4-5-13-19(8-12,16(11)23)17(24)25-10-20(13)14(9-21)18(2,3)7-6-15(20)22/h6-7,12-14,21H,1,4-5,8-10H2,2-3H3. The molecule has 5 heteroatoms. The molecule has 2 saturated carbocycles. The number of carbonyl (C=O) groups excluding carboxylic acids is 3. The summed E-state index contributed by atoms with van der Waals surface area (Å²) in [6.45, 7) is 7.62. The van der Waals surface area contributed by atoms with Crippen molar-refractivity contribution in [1.29, 1.82) is 0 Å². The Balaban J connectivity index is 1.94. The fourth-order valence-corrected chi connectivity index (χ4v) is 6.08. The molecule has 3 aliphatic carbocycles. The van der Waals surface area contributed by atoms with Gasteiger partial charge in [-0.1, -0.05) is 26.5 Å². The Morgan fingerprint density at radius 3 is 2.68 bits per heavy atom. The van der Waals surface area contributed by atoms with Crippen LogP contribution in [0.1, 0.15) is 33.1 Å². The van der Waals surface area contributed by atoms with E-state index in [2.05, 4.69) is 6.58 Å². The van der Waals surface area contributed by atoms with Crippen LogP contribution in [0.5, 0.6) is 0 Å². The number of hydrogen-bond acceptors (Lipinski definition) is 5. The normalized spacial score (nSPS) is 44.8. The average molecular weight is 344 g/mol. The van der Waals surface area contributed by atoms with E-state index in [4.69, 9.17) is 4.74 Å². The van der Waals surface area contributed by atoms with Gasteiger partial charge in [0.05, 0.1) is 5.41 Å². The van der Waals surface area contributed by atoms with Crippen LogP contribution in [-0.4, -0.2) is 35.9 Å². The molecule has 1 aliphatic heterocycles.